The third-order valence-electron chi connectivity index (χ3n) is 9.39. The van der Waals surface area contributed by atoms with Crippen molar-refractivity contribution in [2.24, 2.45) is 0 Å². The van der Waals surface area contributed by atoms with Gasteiger partial charge in [-0.25, -0.2) is 9.97 Å². The van der Waals surface area contributed by atoms with E-state index < -0.39 is 0 Å². The molecule has 0 N–H and O–H groups in total. The number of aromatic nitrogens is 3. The molecule has 6 aromatic carbocycles. The minimum atomic E-state index is 0.662. The van der Waals surface area contributed by atoms with E-state index in [4.69, 9.17) is 14.4 Å². The second-order valence-electron chi connectivity index (χ2n) is 12.4. The lowest BCUT2D eigenvalue weighted by molar-refractivity contribution is 0.670. The first-order valence-electron chi connectivity index (χ1n) is 16.6. The van der Waals surface area contributed by atoms with Crippen molar-refractivity contribution in [1.82, 2.24) is 15.0 Å². The Balaban J connectivity index is 1.17. The van der Waals surface area contributed by atoms with E-state index in [9.17, 15) is 0 Å². The van der Waals surface area contributed by atoms with Gasteiger partial charge in [-0.1, -0.05) is 115 Å². The minimum Gasteiger partial charge on any atom is -0.455 e. The van der Waals surface area contributed by atoms with Crippen LogP contribution >= 0.6 is 11.3 Å². The molecule has 0 unspecified atom stereocenters. The minimum absolute atomic E-state index is 0.662. The van der Waals surface area contributed by atoms with Gasteiger partial charge in [-0.15, -0.1) is 11.3 Å². The fourth-order valence-corrected chi connectivity index (χ4v) is 8.10. The largest absolute Gasteiger partial charge is 0.455 e. The molecule has 4 heterocycles. The van der Waals surface area contributed by atoms with Gasteiger partial charge >= 0.3 is 0 Å². The van der Waals surface area contributed by atoms with Crippen LogP contribution < -0.4 is 0 Å². The predicted octanol–water partition coefficient (Wildman–Crippen LogP) is 12.5. The van der Waals surface area contributed by atoms with Gasteiger partial charge in [-0.3, -0.25) is 4.98 Å². The highest BCUT2D eigenvalue weighted by atomic mass is 32.1. The average Bonchev–Trinajstić information content (AvgIpc) is 3.77. The maximum absolute atomic E-state index is 6.73. The van der Waals surface area contributed by atoms with E-state index in [1.165, 1.54) is 20.2 Å². The first-order chi connectivity index (χ1) is 24.8. The Hall–Kier alpha value is -6.43. The van der Waals surface area contributed by atoms with Gasteiger partial charge in [0.1, 0.15) is 11.2 Å². The first kappa shape index (κ1) is 28.6. The fourth-order valence-electron chi connectivity index (χ4n) is 6.96. The predicted molar refractivity (Wildman–Crippen MR) is 207 cm³/mol. The number of fused-ring (bicyclic) bond motifs is 6. The lowest BCUT2D eigenvalue weighted by atomic mass is 9.95. The van der Waals surface area contributed by atoms with Crippen molar-refractivity contribution in [3.05, 3.63) is 164 Å². The Morgan fingerprint density at radius 1 is 0.440 bits per heavy atom. The van der Waals surface area contributed by atoms with Gasteiger partial charge in [0, 0.05) is 59.4 Å². The number of para-hydroxylation sites is 1. The van der Waals surface area contributed by atoms with Gasteiger partial charge in [0.2, 0.25) is 0 Å². The van der Waals surface area contributed by atoms with Crippen molar-refractivity contribution >= 4 is 53.4 Å². The summed E-state index contributed by atoms with van der Waals surface area (Å²) in [5.41, 5.74) is 10.5. The van der Waals surface area contributed by atoms with Gasteiger partial charge in [0.15, 0.2) is 5.82 Å². The Kier molecular flexibility index (Phi) is 6.64. The lowest BCUT2D eigenvalue weighted by Gasteiger charge is -2.12. The number of nitrogens with zero attached hydrogens (tertiary/aromatic N) is 3. The summed E-state index contributed by atoms with van der Waals surface area (Å²) in [6.07, 6.45) is 1.82. The molecule has 0 aliphatic carbocycles. The zero-order chi connectivity index (χ0) is 33.0. The van der Waals surface area contributed by atoms with Crippen LogP contribution in [0.3, 0.4) is 0 Å². The fraction of sp³-hybridized carbons (Fsp3) is 0. The molecule has 0 aliphatic rings. The molecule has 0 saturated heterocycles. The number of thiophene rings is 1. The van der Waals surface area contributed by atoms with Crippen molar-refractivity contribution < 1.29 is 4.42 Å². The quantitative estimate of drug-likeness (QED) is 0.185. The topological polar surface area (TPSA) is 51.8 Å². The van der Waals surface area contributed by atoms with Crippen molar-refractivity contribution in [2.45, 2.75) is 0 Å². The molecule has 0 aliphatic heterocycles. The molecule has 50 heavy (non-hydrogen) atoms. The van der Waals surface area contributed by atoms with E-state index >= 15 is 0 Å². The summed E-state index contributed by atoms with van der Waals surface area (Å²) < 4.78 is 9.30. The number of hydrogen-bond donors (Lipinski definition) is 0. The number of hydrogen-bond acceptors (Lipinski definition) is 5. The van der Waals surface area contributed by atoms with Crippen LogP contribution in [-0.2, 0) is 0 Å². The molecule has 0 fully saturated rings. The molecule has 0 saturated carbocycles. The van der Waals surface area contributed by atoms with Gasteiger partial charge in [0.05, 0.1) is 17.1 Å². The van der Waals surface area contributed by atoms with E-state index in [2.05, 4.69) is 114 Å². The maximum atomic E-state index is 6.73. The van der Waals surface area contributed by atoms with Crippen molar-refractivity contribution in [2.75, 3.05) is 0 Å². The molecule has 10 aromatic rings. The number of pyridine rings is 1. The van der Waals surface area contributed by atoms with Gasteiger partial charge in [-0.2, -0.15) is 0 Å². The van der Waals surface area contributed by atoms with Crippen LogP contribution in [-0.4, -0.2) is 15.0 Å². The normalized spacial score (nSPS) is 11.6. The second-order valence-corrected chi connectivity index (χ2v) is 13.5. The van der Waals surface area contributed by atoms with Gasteiger partial charge in [0.25, 0.3) is 0 Å². The third kappa shape index (κ3) is 4.79. The molecule has 4 nitrogen and oxygen atoms in total. The average molecular weight is 658 g/mol. The summed E-state index contributed by atoms with van der Waals surface area (Å²) in [4.78, 5) is 14.8. The van der Waals surface area contributed by atoms with Gasteiger partial charge in [-0.05, 0) is 53.6 Å². The molecule has 0 amide bonds. The van der Waals surface area contributed by atoms with E-state index in [0.29, 0.717) is 5.82 Å². The molecule has 0 atom stereocenters. The highest BCUT2D eigenvalue weighted by Crippen LogP contribution is 2.44. The van der Waals surface area contributed by atoms with Crippen LogP contribution in [0.5, 0.6) is 0 Å². The van der Waals surface area contributed by atoms with Crippen LogP contribution in [0.1, 0.15) is 0 Å². The Morgan fingerprint density at radius 3 is 1.96 bits per heavy atom. The number of benzene rings is 6. The summed E-state index contributed by atoms with van der Waals surface area (Å²) in [6.45, 7) is 0. The Labute approximate surface area is 292 Å². The van der Waals surface area contributed by atoms with Crippen LogP contribution in [0.25, 0.3) is 98.4 Å². The molecule has 4 aromatic heterocycles. The van der Waals surface area contributed by atoms with E-state index in [-0.39, 0.29) is 0 Å². The molecule has 234 valence electrons. The zero-order valence-electron chi connectivity index (χ0n) is 26.7. The van der Waals surface area contributed by atoms with Crippen molar-refractivity contribution in [3.8, 4) is 56.3 Å². The summed E-state index contributed by atoms with van der Waals surface area (Å²) in [5, 5.41) is 4.75. The van der Waals surface area contributed by atoms with Gasteiger partial charge < -0.3 is 4.42 Å². The van der Waals surface area contributed by atoms with Crippen molar-refractivity contribution in [3.63, 3.8) is 0 Å². The smallest absolute Gasteiger partial charge is 0.160 e. The summed E-state index contributed by atoms with van der Waals surface area (Å²) in [5.74, 6) is 0.662. The first-order valence-corrected chi connectivity index (χ1v) is 17.4. The molecule has 10 rings (SSSR count). The lowest BCUT2D eigenvalue weighted by Crippen LogP contribution is -1.96. The Morgan fingerprint density at radius 2 is 1.12 bits per heavy atom. The SMILES string of the molecule is c1ccc(-c2nc(-c3ccc(-c4ccccn4)cc3)cc(-c3ccc(-c4ccc5c(c4)sc4ccccc45)c4c3oc3ccccc34)n2)cc1. The highest BCUT2D eigenvalue weighted by Gasteiger charge is 2.20. The van der Waals surface area contributed by atoms with E-state index in [0.717, 1.165) is 72.4 Å². The Bertz CT molecular complexity index is 2860. The number of rotatable bonds is 5. The van der Waals surface area contributed by atoms with Crippen LogP contribution in [0.4, 0.5) is 0 Å². The van der Waals surface area contributed by atoms with Crippen LogP contribution in [0, 0.1) is 0 Å². The second kappa shape index (κ2) is 11.6. The molecule has 0 bridgehead atoms. The van der Waals surface area contributed by atoms with Crippen LogP contribution in [0.2, 0.25) is 0 Å². The summed E-state index contributed by atoms with van der Waals surface area (Å²) in [6, 6.07) is 54.7. The molecular formula is C45H27N3OS. The molecule has 0 spiro atoms. The zero-order valence-corrected chi connectivity index (χ0v) is 27.6. The molecule has 0 radical (unpaired) electrons. The molecule has 5 heteroatoms. The molecular weight excluding hydrogens is 631 g/mol. The number of furan rings is 1. The third-order valence-corrected chi connectivity index (χ3v) is 10.5. The van der Waals surface area contributed by atoms with Crippen LogP contribution in [0.15, 0.2) is 168 Å². The maximum Gasteiger partial charge on any atom is 0.160 e. The standard InChI is InChI=1S/C45H27N3OS/c1-2-10-30(11-3-1)45-47-38(29-19-17-28(18-20-29)37-14-8-9-25-46-37)27-39(48-45)35-24-23-32(43-36-13-4-6-15-40(36)49-44(35)43)31-21-22-34-33-12-5-7-16-41(33)50-42(34)26-31/h1-27H. The monoisotopic (exact) mass is 657 g/mol. The summed E-state index contributed by atoms with van der Waals surface area (Å²) in [7, 11) is 0. The summed E-state index contributed by atoms with van der Waals surface area (Å²) >= 11 is 1.84. The van der Waals surface area contributed by atoms with E-state index in [1.54, 1.807) is 0 Å². The van der Waals surface area contributed by atoms with Crippen molar-refractivity contribution in [1.29, 1.82) is 0 Å². The highest BCUT2D eigenvalue weighted by molar-refractivity contribution is 7.25. The van der Waals surface area contributed by atoms with E-state index in [1.807, 2.05) is 66.1 Å².